The number of ketones is 2. The van der Waals surface area contributed by atoms with Gasteiger partial charge in [0.15, 0.2) is 5.78 Å². The van der Waals surface area contributed by atoms with Crippen molar-refractivity contribution in [2.45, 2.75) is 38.4 Å². The van der Waals surface area contributed by atoms with Gasteiger partial charge >= 0.3 is 0 Å². The Kier molecular flexibility index (Phi) is 8.44. The molecule has 11 nitrogen and oxygen atoms in total. The molecule has 0 radical (unpaired) electrons. The highest BCUT2D eigenvalue weighted by molar-refractivity contribution is 6.25. The second-order valence-corrected chi connectivity index (χ2v) is 12.0. The summed E-state index contributed by atoms with van der Waals surface area (Å²) in [6.45, 7) is 4.86. The van der Waals surface area contributed by atoms with E-state index in [4.69, 9.17) is 0 Å². The Bertz CT molecular complexity index is 1640. The first-order valence-electron chi connectivity index (χ1n) is 15.2. The number of hydrogen-bond donors (Lipinski definition) is 1. The number of pyridine rings is 1. The number of hydrogen-bond acceptors (Lipinski definition) is 9. The summed E-state index contributed by atoms with van der Waals surface area (Å²) in [7, 11) is 3.43. The summed E-state index contributed by atoms with van der Waals surface area (Å²) in [6.07, 6.45) is 1.91. The molecule has 1 saturated carbocycles. The van der Waals surface area contributed by atoms with Gasteiger partial charge in [-0.3, -0.25) is 33.8 Å². The summed E-state index contributed by atoms with van der Waals surface area (Å²) in [4.78, 5) is 74.4. The van der Waals surface area contributed by atoms with E-state index in [1.165, 1.54) is 10.5 Å². The van der Waals surface area contributed by atoms with Crippen LogP contribution in [0.25, 0.3) is 0 Å². The van der Waals surface area contributed by atoms with Crippen molar-refractivity contribution in [3.63, 3.8) is 0 Å². The minimum atomic E-state index is -0.887. The van der Waals surface area contributed by atoms with Crippen molar-refractivity contribution in [3.05, 3.63) is 88.7 Å². The number of piperazine rings is 1. The summed E-state index contributed by atoms with van der Waals surface area (Å²) in [5.74, 6) is -1.61. The number of carbonyl (C=O) groups is 5. The van der Waals surface area contributed by atoms with Crippen molar-refractivity contribution in [3.8, 4) is 0 Å². The molecule has 2 aromatic carbocycles. The number of carbonyl (C=O) groups excluding carboxylic acids is 5. The van der Waals surface area contributed by atoms with Gasteiger partial charge in [-0.1, -0.05) is 30.3 Å². The Morgan fingerprint density at radius 2 is 1.64 bits per heavy atom. The van der Waals surface area contributed by atoms with E-state index >= 15 is 0 Å². The Hall–Kier alpha value is -4.90. The van der Waals surface area contributed by atoms with Crippen LogP contribution in [0.5, 0.6) is 0 Å². The lowest BCUT2D eigenvalue weighted by molar-refractivity contribution is -0.132. The van der Waals surface area contributed by atoms with Gasteiger partial charge in [-0.25, -0.2) is 4.98 Å². The van der Waals surface area contributed by atoms with E-state index in [0.717, 1.165) is 48.9 Å². The van der Waals surface area contributed by atoms with Gasteiger partial charge in [0.05, 0.1) is 35.5 Å². The maximum atomic E-state index is 13.4. The SMILES string of the molecule is CN(C)C(=O)c1ccc(N2CCN(Cc3ccc(CNc4cccc5c4C(=O)N(C4CCC(=O)CC4=O)C5=O)cc3)CC2)cn1. The quantitative estimate of drug-likeness (QED) is 0.304. The fourth-order valence-corrected chi connectivity index (χ4v) is 6.18. The second kappa shape index (κ2) is 12.6. The molecule has 2 fully saturated rings. The van der Waals surface area contributed by atoms with Crippen molar-refractivity contribution in [1.82, 2.24) is 19.7 Å². The van der Waals surface area contributed by atoms with Crippen LogP contribution in [-0.4, -0.2) is 95.3 Å². The molecule has 3 amide bonds. The Morgan fingerprint density at radius 3 is 2.31 bits per heavy atom. The monoisotopic (exact) mass is 608 g/mol. The number of rotatable bonds is 8. The molecule has 232 valence electrons. The third-order valence-corrected chi connectivity index (χ3v) is 8.72. The van der Waals surface area contributed by atoms with Crippen molar-refractivity contribution in [2.75, 3.05) is 50.5 Å². The second-order valence-electron chi connectivity index (χ2n) is 12.0. The minimum absolute atomic E-state index is 0.108. The number of imide groups is 1. The molecule has 2 aliphatic heterocycles. The van der Waals surface area contributed by atoms with Crippen LogP contribution in [0, 0.1) is 0 Å². The molecule has 11 heteroatoms. The Morgan fingerprint density at radius 1 is 0.911 bits per heavy atom. The molecule has 1 saturated heterocycles. The molecule has 1 atom stereocenters. The lowest BCUT2D eigenvalue weighted by Gasteiger charge is -2.36. The van der Waals surface area contributed by atoms with Gasteiger partial charge in [0, 0.05) is 65.5 Å². The van der Waals surface area contributed by atoms with E-state index < -0.39 is 17.9 Å². The van der Waals surface area contributed by atoms with Gasteiger partial charge < -0.3 is 15.1 Å². The molecule has 3 aliphatic rings. The van der Waals surface area contributed by atoms with Crippen LogP contribution in [0.1, 0.15) is 61.6 Å². The van der Waals surface area contributed by atoms with E-state index in [2.05, 4.69) is 44.4 Å². The van der Waals surface area contributed by atoms with Gasteiger partial charge in [-0.2, -0.15) is 0 Å². The first-order valence-corrected chi connectivity index (χ1v) is 15.2. The molecule has 45 heavy (non-hydrogen) atoms. The minimum Gasteiger partial charge on any atom is -0.380 e. The largest absolute Gasteiger partial charge is 0.380 e. The predicted octanol–water partition coefficient (Wildman–Crippen LogP) is 3.00. The van der Waals surface area contributed by atoms with Crippen molar-refractivity contribution >= 4 is 40.7 Å². The first-order chi connectivity index (χ1) is 21.7. The van der Waals surface area contributed by atoms with E-state index in [0.29, 0.717) is 17.9 Å². The number of amides is 3. The van der Waals surface area contributed by atoms with Gasteiger partial charge in [-0.05, 0) is 41.8 Å². The molecule has 0 spiro atoms. The number of fused-ring (bicyclic) bond motifs is 1. The van der Waals surface area contributed by atoms with Crippen LogP contribution >= 0.6 is 0 Å². The lowest BCUT2D eigenvalue weighted by Crippen LogP contribution is -2.47. The number of nitrogens with one attached hydrogen (secondary N) is 1. The molecule has 1 N–H and O–H groups in total. The zero-order valence-corrected chi connectivity index (χ0v) is 25.5. The van der Waals surface area contributed by atoms with Crippen LogP contribution in [0.3, 0.4) is 0 Å². The van der Waals surface area contributed by atoms with Gasteiger partial charge in [0.2, 0.25) is 0 Å². The molecular weight excluding hydrogens is 572 g/mol. The molecule has 1 aliphatic carbocycles. The predicted molar refractivity (Wildman–Crippen MR) is 168 cm³/mol. The van der Waals surface area contributed by atoms with Crippen LogP contribution in [0.15, 0.2) is 60.8 Å². The van der Waals surface area contributed by atoms with Crippen LogP contribution in [0.2, 0.25) is 0 Å². The summed E-state index contributed by atoms with van der Waals surface area (Å²) < 4.78 is 0. The van der Waals surface area contributed by atoms with Gasteiger partial charge in [0.25, 0.3) is 17.7 Å². The summed E-state index contributed by atoms with van der Waals surface area (Å²) in [6, 6.07) is 16.3. The van der Waals surface area contributed by atoms with E-state index in [1.807, 2.05) is 6.07 Å². The number of aromatic nitrogens is 1. The summed E-state index contributed by atoms with van der Waals surface area (Å²) in [5, 5.41) is 3.31. The fraction of sp³-hybridized carbons (Fsp3) is 0.353. The van der Waals surface area contributed by atoms with E-state index in [1.54, 1.807) is 44.6 Å². The molecule has 3 aromatic rings. The fourth-order valence-electron chi connectivity index (χ4n) is 6.18. The maximum Gasteiger partial charge on any atom is 0.271 e. The normalized spacial score (nSPS) is 18.8. The molecule has 1 unspecified atom stereocenters. The van der Waals surface area contributed by atoms with Crippen LogP contribution in [-0.2, 0) is 22.7 Å². The lowest BCUT2D eigenvalue weighted by atomic mass is 9.92. The van der Waals surface area contributed by atoms with E-state index in [-0.39, 0.29) is 47.9 Å². The first kappa shape index (κ1) is 30.1. The number of Topliss-reactive ketones (excluding diaryl/α,β-unsaturated/α-hetero) is 2. The van der Waals surface area contributed by atoms with Crippen LogP contribution in [0.4, 0.5) is 11.4 Å². The highest BCUT2D eigenvalue weighted by Gasteiger charge is 2.45. The number of benzene rings is 2. The maximum absolute atomic E-state index is 13.4. The topological polar surface area (TPSA) is 123 Å². The molecule has 3 heterocycles. The van der Waals surface area contributed by atoms with Crippen molar-refractivity contribution in [1.29, 1.82) is 0 Å². The van der Waals surface area contributed by atoms with Crippen molar-refractivity contribution in [2.24, 2.45) is 0 Å². The molecular formula is C34H36N6O5. The molecule has 0 bridgehead atoms. The number of anilines is 2. The van der Waals surface area contributed by atoms with Crippen molar-refractivity contribution < 1.29 is 24.0 Å². The Balaban J connectivity index is 1.02. The van der Waals surface area contributed by atoms with Gasteiger partial charge in [-0.15, -0.1) is 0 Å². The average Bonchev–Trinajstić information content (AvgIpc) is 3.30. The Labute approximate surface area is 261 Å². The zero-order chi connectivity index (χ0) is 31.7. The average molecular weight is 609 g/mol. The third kappa shape index (κ3) is 6.21. The highest BCUT2D eigenvalue weighted by Crippen LogP contribution is 2.33. The van der Waals surface area contributed by atoms with Gasteiger partial charge in [0.1, 0.15) is 11.5 Å². The van der Waals surface area contributed by atoms with Crippen LogP contribution < -0.4 is 10.2 Å². The standard InChI is InChI=1S/C34H36N6O5/c1-37(2)33(44)28-12-10-24(20-36-28)39-16-14-38(15-17-39)21-23-8-6-22(7-9-23)19-35-27-5-3-4-26-31(27)34(45)40(32(26)43)29-13-11-25(41)18-30(29)42/h3-10,12,20,29,35H,11,13-19,21H2,1-2H3. The number of nitrogens with zero attached hydrogens (tertiary/aromatic N) is 5. The van der Waals surface area contributed by atoms with E-state index in [9.17, 15) is 24.0 Å². The zero-order valence-electron chi connectivity index (χ0n) is 25.5. The highest BCUT2D eigenvalue weighted by atomic mass is 16.2. The summed E-state index contributed by atoms with van der Waals surface area (Å²) >= 11 is 0. The summed E-state index contributed by atoms with van der Waals surface area (Å²) in [5.41, 5.74) is 4.78. The third-order valence-electron chi connectivity index (χ3n) is 8.72. The molecule has 1 aromatic heterocycles. The molecule has 6 rings (SSSR count). The smallest absolute Gasteiger partial charge is 0.271 e.